The summed E-state index contributed by atoms with van der Waals surface area (Å²) in [5.41, 5.74) is 4.19. The van der Waals surface area contributed by atoms with E-state index in [4.69, 9.17) is 35.3 Å². The minimum Gasteiger partial charge on any atom is -0.493 e. The largest absolute Gasteiger partial charge is 0.493 e. The van der Waals surface area contributed by atoms with Crippen molar-refractivity contribution in [1.29, 1.82) is 0 Å². The molecule has 226 valence electrons. The highest BCUT2D eigenvalue weighted by molar-refractivity contribution is 6.32. The van der Waals surface area contributed by atoms with Gasteiger partial charge in [-0.15, -0.1) is 0 Å². The van der Waals surface area contributed by atoms with E-state index in [9.17, 15) is 14.4 Å². The highest BCUT2D eigenvalue weighted by atomic mass is 35.5. The van der Waals surface area contributed by atoms with Gasteiger partial charge in [0, 0.05) is 5.70 Å². The fourth-order valence-corrected chi connectivity index (χ4v) is 4.30. The molecule has 0 aliphatic carbocycles. The Morgan fingerprint density at radius 1 is 1.10 bits per heavy atom. The van der Waals surface area contributed by atoms with Gasteiger partial charge in [-0.25, -0.2) is 15.0 Å². The molecule has 1 heterocycles. The van der Waals surface area contributed by atoms with Crippen molar-refractivity contribution in [3.63, 3.8) is 0 Å². The molecule has 13 heteroatoms. The molecule has 3 amide bonds. The monoisotopic (exact) mass is 602 g/mol. The lowest BCUT2D eigenvalue weighted by Crippen LogP contribution is -2.45. The van der Waals surface area contributed by atoms with Crippen molar-refractivity contribution in [2.45, 2.75) is 46.8 Å². The second-order valence-corrected chi connectivity index (χ2v) is 9.62. The number of hydrogen-bond acceptors (Lipinski definition) is 9. The first-order valence-electron chi connectivity index (χ1n) is 13.3. The molecule has 1 atom stereocenters. The van der Waals surface area contributed by atoms with E-state index in [2.05, 4.69) is 21.2 Å². The Balaban J connectivity index is 1.68. The zero-order valence-electron chi connectivity index (χ0n) is 24.3. The Kier molecular flexibility index (Phi) is 11.4. The number of esters is 1. The third kappa shape index (κ3) is 8.29. The number of halogens is 1. The number of nitrogens with one attached hydrogen (secondary N) is 3. The van der Waals surface area contributed by atoms with E-state index in [1.165, 1.54) is 13.3 Å². The molecule has 3 rings (SSSR count). The third-order valence-electron chi connectivity index (χ3n) is 5.73. The standard InChI is InChI=1S/C29H35ClN4O8/c1-7-39-23-12-18(11-20(30)27(23)42-16(3)4)14-31-34-24(35)15-41-21-10-9-19(13-22(21)38-6)26-25(28(36)40-8-2)17(5)32-29(37)33-26/h9-14,16,26H,7-8,15H2,1-6H3,(H,34,35)(H2,32,33,37)/b31-14+/t26-/m1/s1. The van der Waals surface area contributed by atoms with Crippen LogP contribution in [0.1, 0.15) is 51.8 Å². The maximum atomic E-state index is 12.6. The van der Waals surface area contributed by atoms with E-state index in [1.54, 1.807) is 44.2 Å². The Morgan fingerprint density at radius 3 is 2.52 bits per heavy atom. The van der Waals surface area contributed by atoms with Gasteiger partial charge in [-0.3, -0.25) is 4.79 Å². The number of nitrogens with zero attached hydrogens (tertiary/aromatic N) is 1. The van der Waals surface area contributed by atoms with Crippen LogP contribution in [-0.4, -0.2) is 57.2 Å². The quantitative estimate of drug-likeness (QED) is 0.175. The van der Waals surface area contributed by atoms with Crippen molar-refractivity contribution in [3.8, 4) is 23.0 Å². The van der Waals surface area contributed by atoms with Crippen molar-refractivity contribution in [2.75, 3.05) is 26.9 Å². The van der Waals surface area contributed by atoms with E-state index in [0.29, 0.717) is 45.7 Å². The van der Waals surface area contributed by atoms with Crippen LogP contribution in [0.2, 0.25) is 5.02 Å². The molecule has 1 aliphatic rings. The van der Waals surface area contributed by atoms with E-state index in [-0.39, 0.29) is 30.6 Å². The molecule has 12 nitrogen and oxygen atoms in total. The Morgan fingerprint density at radius 2 is 1.86 bits per heavy atom. The van der Waals surface area contributed by atoms with Crippen molar-refractivity contribution in [2.24, 2.45) is 5.10 Å². The predicted octanol–water partition coefficient (Wildman–Crippen LogP) is 4.25. The van der Waals surface area contributed by atoms with Gasteiger partial charge in [0.05, 0.1) is 49.3 Å². The van der Waals surface area contributed by atoms with Gasteiger partial charge in [0.2, 0.25) is 0 Å². The maximum Gasteiger partial charge on any atom is 0.338 e. The normalized spacial score (nSPS) is 14.8. The lowest BCUT2D eigenvalue weighted by Gasteiger charge is -2.28. The first kappa shape index (κ1) is 32.1. The van der Waals surface area contributed by atoms with Gasteiger partial charge >= 0.3 is 12.0 Å². The van der Waals surface area contributed by atoms with Crippen LogP contribution < -0.4 is 35.0 Å². The van der Waals surface area contributed by atoms with Gasteiger partial charge in [0.1, 0.15) is 0 Å². The number of carbonyl (C=O) groups excluding carboxylic acids is 3. The molecule has 0 bridgehead atoms. The van der Waals surface area contributed by atoms with Crippen LogP contribution in [0.3, 0.4) is 0 Å². The smallest absolute Gasteiger partial charge is 0.338 e. The number of urea groups is 1. The summed E-state index contributed by atoms with van der Waals surface area (Å²) in [6.07, 6.45) is 1.33. The van der Waals surface area contributed by atoms with E-state index in [0.717, 1.165) is 0 Å². The van der Waals surface area contributed by atoms with Crippen molar-refractivity contribution in [1.82, 2.24) is 16.1 Å². The number of allylic oxidation sites excluding steroid dienone is 1. The summed E-state index contributed by atoms with van der Waals surface area (Å²) in [7, 11) is 1.43. The summed E-state index contributed by atoms with van der Waals surface area (Å²) < 4.78 is 27.6. The van der Waals surface area contributed by atoms with Crippen LogP contribution in [0.5, 0.6) is 23.0 Å². The van der Waals surface area contributed by atoms with Gasteiger partial charge < -0.3 is 34.3 Å². The number of ether oxygens (including phenoxy) is 5. The van der Waals surface area contributed by atoms with Gasteiger partial charge in [0.25, 0.3) is 5.91 Å². The fraction of sp³-hybridized carbons (Fsp3) is 0.379. The fourth-order valence-electron chi connectivity index (χ4n) is 4.04. The minimum atomic E-state index is -0.777. The number of amides is 3. The summed E-state index contributed by atoms with van der Waals surface area (Å²) in [4.78, 5) is 37.1. The van der Waals surface area contributed by atoms with Gasteiger partial charge in [-0.2, -0.15) is 5.10 Å². The van der Waals surface area contributed by atoms with Gasteiger partial charge in [-0.1, -0.05) is 17.7 Å². The van der Waals surface area contributed by atoms with Gasteiger partial charge in [0.15, 0.2) is 29.6 Å². The SMILES string of the molecule is CCOC(=O)C1=C(C)NC(=O)N[C@@H]1c1ccc(OCC(=O)N/N=C/c2cc(Cl)c(OC(C)C)c(OCC)c2)c(OC)c1. The number of benzene rings is 2. The van der Waals surface area contributed by atoms with Crippen LogP contribution >= 0.6 is 11.6 Å². The topological polar surface area (TPSA) is 146 Å². The lowest BCUT2D eigenvalue weighted by molar-refractivity contribution is -0.139. The van der Waals surface area contributed by atoms with Crippen LogP contribution in [0, 0.1) is 0 Å². The molecule has 0 aromatic heterocycles. The Labute approximate surface area is 249 Å². The molecule has 2 aromatic rings. The van der Waals surface area contributed by atoms with E-state index >= 15 is 0 Å². The second-order valence-electron chi connectivity index (χ2n) is 9.21. The summed E-state index contributed by atoms with van der Waals surface area (Å²) >= 11 is 6.38. The van der Waals surface area contributed by atoms with Crippen LogP contribution in [0.4, 0.5) is 4.79 Å². The second kappa shape index (κ2) is 15.0. The number of hydrazone groups is 1. The Hall–Kier alpha value is -4.45. The van der Waals surface area contributed by atoms with Crippen LogP contribution in [-0.2, 0) is 14.3 Å². The molecule has 1 aliphatic heterocycles. The molecule has 0 saturated heterocycles. The van der Waals surface area contributed by atoms with Crippen molar-refractivity contribution >= 4 is 35.7 Å². The van der Waals surface area contributed by atoms with Crippen LogP contribution in [0.25, 0.3) is 0 Å². The van der Waals surface area contributed by atoms with Crippen molar-refractivity contribution < 1.29 is 38.1 Å². The molecular weight excluding hydrogens is 568 g/mol. The molecule has 0 unspecified atom stereocenters. The predicted molar refractivity (Wildman–Crippen MR) is 156 cm³/mol. The zero-order chi connectivity index (χ0) is 30.8. The average molecular weight is 603 g/mol. The number of rotatable bonds is 13. The zero-order valence-corrected chi connectivity index (χ0v) is 25.1. The van der Waals surface area contributed by atoms with Gasteiger partial charge in [-0.05, 0) is 70.0 Å². The summed E-state index contributed by atoms with van der Waals surface area (Å²) in [5, 5.41) is 9.64. The molecule has 0 saturated carbocycles. The molecule has 0 spiro atoms. The molecule has 3 N–H and O–H groups in total. The first-order valence-corrected chi connectivity index (χ1v) is 13.7. The molecule has 42 heavy (non-hydrogen) atoms. The van der Waals surface area contributed by atoms with Crippen molar-refractivity contribution in [3.05, 3.63) is 57.8 Å². The number of hydrogen-bond donors (Lipinski definition) is 3. The van der Waals surface area contributed by atoms with Crippen LogP contribution in [0.15, 0.2) is 46.7 Å². The molecular formula is C29H35ClN4O8. The van der Waals surface area contributed by atoms with E-state index < -0.39 is 23.9 Å². The highest BCUT2D eigenvalue weighted by Gasteiger charge is 2.32. The first-order chi connectivity index (χ1) is 20.1. The number of methoxy groups -OCH3 is 1. The average Bonchev–Trinajstić information content (AvgIpc) is 2.93. The lowest BCUT2D eigenvalue weighted by atomic mass is 9.95. The molecule has 0 fully saturated rings. The highest BCUT2D eigenvalue weighted by Crippen LogP contribution is 2.37. The maximum absolute atomic E-state index is 12.6. The Bertz CT molecular complexity index is 1380. The molecule has 2 aromatic carbocycles. The summed E-state index contributed by atoms with van der Waals surface area (Å²) in [5.74, 6) is 0.387. The summed E-state index contributed by atoms with van der Waals surface area (Å²) in [6, 6.07) is 6.97. The molecule has 0 radical (unpaired) electrons. The van der Waals surface area contributed by atoms with E-state index in [1.807, 2.05) is 20.8 Å². The number of carbonyl (C=O) groups is 3. The summed E-state index contributed by atoms with van der Waals surface area (Å²) in [6.45, 7) is 9.17. The minimum absolute atomic E-state index is 0.0936. The third-order valence-corrected chi connectivity index (χ3v) is 6.01.